The summed E-state index contributed by atoms with van der Waals surface area (Å²) >= 11 is 0. The molecule has 0 aliphatic heterocycles. The second-order valence-electron chi connectivity index (χ2n) is 5.41. The van der Waals surface area contributed by atoms with E-state index in [2.05, 4.69) is 10.6 Å². The first-order valence-electron chi connectivity index (χ1n) is 7.43. The number of rotatable bonds is 6. The van der Waals surface area contributed by atoms with Crippen LogP contribution in [0.3, 0.4) is 0 Å². The lowest BCUT2D eigenvalue weighted by Crippen LogP contribution is -2.37. The largest absolute Gasteiger partial charge is 0.495 e. The van der Waals surface area contributed by atoms with Gasteiger partial charge in [-0.2, -0.15) is 0 Å². The Morgan fingerprint density at radius 2 is 1.91 bits per heavy atom. The van der Waals surface area contributed by atoms with Crippen LogP contribution in [-0.2, 0) is 11.3 Å². The Morgan fingerprint density at radius 3 is 2.57 bits per heavy atom. The van der Waals surface area contributed by atoms with E-state index in [1.54, 1.807) is 26.2 Å². The minimum absolute atomic E-state index is 0.141. The molecular weight excluding hydrogens is 295 g/mol. The van der Waals surface area contributed by atoms with Gasteiger partial charge >= 0.3 is 0 Å². The summed E-state index contributed by atoms with van der Waals surface area (Å²) in [6, 6.07) is 11.4. The highest BCUT2D eigenvalue weighted by molar-refractivity contribution is 5.84. The van der Waals surface area contributed by atoms with Crippen molar-refractivity contribution in [1.82, 2.24) is 5.32 Å². The lowest BCUT2D eigenvalue weighted by Gasteiger charge is -2.18. The lowest BCUT2D eigenvalue weighted by atomic mass is 10.2. The van der Waals surface area contributed by atoms with Crippen molar-refractivity contribution < 1.29 is 13.9 Å². The van der Waals surface area contributed by atoms with E-state index < -0.39 is 6.04 Å². The number of methoxy groups -OCH3 is 1. The molecule has 0 fully saturated rings. The second-order valence-corrected chi connectivity index (χ2v) is 5.41. The molecule has 0 radical (unpaired) electrons. The van der Waals surface area contributed by atoms with Crippen molar-refractivity contribution in [3.63, 3.8) is 0 Å². The maximum absolute atomic E-state index is 12.9. The molecule has 0 saturated heterocycles. The summed E-state index contributed by atoms with van der Waals surface area (Å²) < 4.78 is 18.1. The third-order valence-corrected chi connectivity index (χ3v) is 3.50. The zero-order valence-electron chi connectivity index (χ0n) is 13.5. The molecule has 0 saturated carbocycles. The van der Waals surface area contributed by atoms with Crippen LogP contribution in [0, 0.1) is 12.7 Å². The number of aryl methyl sites for hydroxylation is 1. The highest BCUT2D eigenvalue weighted by atomic mass is 19.1. The van der Waals surface area contributed by atoms with Gasteiger partial charge in [-0.3, -0.25) is 4.79 Å². The molecule has 4 nitrogen and oxygen atoms in total. The zero-order valence-corrected chi connectivity index (χ0v) is 13.5. The molecular formula is C18H21FN2O2. The normalized spacial score (nSPS) is 11.7. The molecule has 0 aromatic heterocycles. The van der Waals surface area contributed by atoms with Crippen molar-refractivity contribution in [2.75, 3.05) is 12.4 Å². The number of amides is 1. The Kier molecular flexibility index (Phi) is 5.57. The summed E-state index contributed by atoms with van der Waals surface area (Å²) in [6.45, 7) is 4.11. The standard InChI is InChI=1S/C18H21FN2O2/c1-12-4-9-17(23-3)16(10-12)21-13(2)18(22)20-11-14-5-7-15(19)8-6-14/h4-10,13,21H,11H2,1-3H3,(H,20,22). The minimum atomic E-state index is -0.425. The molecule has 1 unspecified atom stereocenters. The van der Waals surface area contributed by atoms with Crippen LogP contribution in [0.25, 0.3) is 0 Å². The van der Waals surface area contributed by atoms with E-state index in [9.17, 15) is 9.18 Å². The van der Waals surface area contributed by atoms with Gasteiger partial charge in [0.15, 0.2) is 0 Å². The molecule has 2 N–H and O–H groups in total. The number of ether oxygens (including phenoxy) is 1. The monoisotopic (exact) mass is 316 g/mol. The van der Waals surface area contributed by atoms with Crippen LogP contribution in [0.15, 0.2) is 42.5 Å². The maximum Gasteiger partial charge on any atom is 0.242 e. The SMILES string of the molecule is COc1ccc(C)cc1NC(C)C(=O)NCc1ccc(F)cc1. The number of benzene rings is 2. The van der Waals surface area contributed by atoms with Crippen molar-refractivity contribution in [1.29, 1.82) is 0 Å². The summed E-state index contributed by atoms with van der Waals surface area (Å²) in [5.74, 6) is 0.258. The Hall–Kier alpha value is -2.56. The van der Waals surface area contributed by atoms with Crippen LogP contribution in [-0.4, -0.2) is 19.1 Å². The molecule has 122 valence electrons. The van der Waals surface area contributed by atoms with Crippen LogP contribution in [0.5, 0.6) is 5.75 Å². The lowest BCUT2D eigenvalue weighted by molar-refractivity contribution is -0.121. The van der Waals surface area contributed by atoms with Gasteiger partial charge in [0.25, 0.3) is 0 Å². The Balaban J connectivity index is 1.94. The first-order valence-corrected chi connectivity index (χ1v) is 7.43. The Labute approximate surface area is 135 Å². The topological polar surface area (TPSA) is 50.4 Å². The first kappa shape index (κ1) is 16.8. The highest BCUT2D eigenvalue weighted by Gasteiger charge is 2.14. The fourth-order valence-corrected chi connectivity index (χ4v) is 2.18. The van der Waals surface area contributed by atoms with Gasteiger partial charge in [-0.15, -0.1) is 0 Å². The molecule has 0 spiro atoms. The zero-order chi connectivity index (χ0) is 16.8. The van der Waals surface area contributed by atoms with E-state index >= 15 is 0 Å². The Bertz CT molecular complexity index is 671. The van der Waals surface area contributed by atoms with Crippen molar-refractivity contribution in [3.05, 3.63) is 59.4 Å². The van der Waals surface area contributed by atoms with Gasteiger partial charge in [-0.05, 0) is 49.2 Å². The number of hydrogen-bond donors (Lipinski definition) is 2. The molecule has 0 aliphatic rings. The van der Waals surface area contributed by atoms with Crippen LogP contribution >= 0.6 is 0 Å². The van der Waals surface area contributed by atoms with Crippen molar-refractivity contribution >= 4 is 11.6 Å². The molecule has 2 rings (SSSR count). The van der Waals surface area contributed by atoms with Gasteiger partial charge in [-0.1, -0.05) is 18.2 Å². The summed E-state index contributed by atoms with van der Waals surface area (Å²) in [7, 11) is 1.59. The number of halogens is 1. The smallest absolute Gasteiger partial charge is 0.242 e. The van der Waals surface area contributed by atoms with Gasteiger partial charge in [0, 0.05) is 6.54 Å². The predicted molar refractivity (Wildman–Crippen MR) is 89.1 cm³/mol. The number of carbonyl (C=O) groups excluding carboxylic acids is 1. The highest BCUT2D eigenvalue weighted by Crippen LogP contribution is 2.25. The molecule has 1 atom stereocenters. The average Bonchev–Trinajstić information content (AvgIpc) is 2.54. The third-order valence-electron chi connectivity index (χ3n) is 3.50. The predicted octanol–water partition coefficient (Wildman–Crippen LogP) is 3.26. The van der Waals surface area contributed by atoms with Crippen LogP contribution < -0.4 is 15.4 Å². The summed E-state index contributed by atoms with van der Waals surface area (Å²) in [6.07, 6.45) is 0. The first-order chi connectivity index (χ1) is 11.0. The fraction of sp³-hybridized carbons (Fsp3) is 0.278. The molecule has 1 amide bonds. The van der Waals surface area contributed by atoms with Gasteiger partial charge in [-0.25, -0.2) is 4.39 Å². The number of anilines is 1. The molecule has 2 aromatic rings. The maximum atomic E-state index is 12.9. The van der Waals surface area contributed by atoms with E-state index in [1.165, 1.54) is 12.1 Å². The quantitative estimate of drug-likeness (QED) is 0.860. The van der Waals surface area contributed by atoms with Gasteiger partial charge in [0.2, 0.25) is 5.91 Å². The van der Waals surface area contributed by atoms with Gasteiger partial charge in [0.1, 0.15) is 17.6 Å². The molecule has 23 heavy (non-hydrogen) atoms. The van der Waals surface area contributed by atoms with Crippen LogP contribution in [0.1, 0.15) is 18.1 Å². The molecule has 0 heterocycles. The van der Waals surface area contributed by atoms with Gasteiger partial charge in [0.05, 0.1) is 12.8 Å². The number of hydrogen-bond acceptors (Lipinski definition) is 3. The molecule has 0 bridgehead atoms. The summed E-state index contributed by atoms with van der Waals surface area (Å²) in [5, 5.41) is 5.98. The number of carbonyl (C=O) groups is 1. The molecule has 2 aromatic carbocycles. The third kappa shape index (κ3) is 4.71. The van der Waals surface area contributed by atoms with Crippen molar-refractivity contribution in [2.45, 2.75) is 26.4 Å². The van der Waals surface area contributed by atoms with E-state index in [-0.39, 0.29) is 11.7 Å². The minimum Gasteiger partial charge on any atom is -0.495 e. The van der Waals surface area contributed by atoms with Gasteiger partial charge < -0.3 is 15.4 Å². The Morgan fingerprint density at radius 1 is 1.22 bits per heavy atom. The van der Waals surface area contributed by atoms with E-state index in [4.69, 9.17) is 4.74 Å². The summed E-state index contributed by atoms with van der Waals surface area (Å²) in [5.41, 5.74) is 2.70. The van der Waals surface area contributed by atoms with E-state index in [0.717, 1.165) is 16.8 Å². The molecule has 5 heteroatoms. The van der Waals surface area contributed by atoms with Crippen LogP contribution in [0.2, 0.25) is 0 Å². The van der Waals surface area contributed by atoms with E-state index in [1.807, 2.05) is 25.1 Å². The fourth-order valence-electron chi connectivity index (χ4n) is 2.18. The summed E-state index contributed by atoms with van der Waals surface area (Å²) in [4.78, 5) is 12.2. The number of nitrogens with one attached hydrogen (secondary N) is 2. The second kappa shape index (κ2) is 7.63. The van der Waals surface area contributed by atoms with Crippen molar-refractivity contribution in [2.24, 2.45) is 0 Å². The van der Waals surface area contributed by atoms with Crippen LogP contribution in [0.4, 0.5) is 10.1 Å². The average molecular weight is 316 g/mol. The molecule has 0 aliphatic carbocycles. The van der Waals surface area contributed by atoms with Crippen molar-refractivity contribution in [3.8, 4) is 5.75 Å². The van der Waals surface area contributed by atoms with E-state index in [0.29, 0.717) is 12.3 Å².